The zero-order chi connectivity index (χ0) is 12.3. The summed E-state index contributed by atoms with van der Waals surface area (Å²) >= 11 is 1.84. The smallest absolute Gasteiger partial charge is 0.252 e. The number of ether oxygens (including phenoxy) is 1. The molecular weight excluding hydrogens is 234 g/mol. The molecule has 0 bridgehead atoms. The third kappa shape index (κ3) is 2.82. The first kappa shape index (κ1) is 12.5. The van der Waals surface area contributed by atoms with Crippen LogP contribution in [0.15, 0.2) is 29.2 Å². The van der Waals surface area contributed by atoms with Gasteiger partial charge in [-0.05, 0) is 18.6 Å². The Balaban J connectivity index is 2.31. The SMILES string of the molecule is COCC(=O)N1CCC(C)Sc2ccccc21. The van der Waals surface area contributed by atoms with Crippen LogP contribution in [-0.2, 0) is 9.53 Å². The van der Waals surface area contributed by atoms with E-state index in [0.717, 1.165) is 18.7 Å². The van der Waals surface area contributed by atoms with Crippen LogP contribution in [-0.4, -0.2) is 31.4 Å². The van der Waals surface area contributed by atoms with Crippen molar-refractivity contribution in [2.24, 2.45) is 0 Å². The maximum Gasteiger partial charge on any atom is 0.252 e. The highest BCUT2D eigenvalue weighted by molar-refractivity contribution is 8.00. The molecule has 0 aliphatic carbocycles. The van der Waals surface area contributed by atoms with E-state index >= 15 is 0 Å². The van der Waals surface area contributed by atoms with E-state index in [0.29, 0.717) is 5.25 Å². The molecular formula is C13H17NO2S. The van der Waals surface area contributed by atoms with Gasteiger partial charge in [0, 0.05) is 23.8 Å². The van der Waals surface area contributed by atoms with E-state index in [4.69, 9.17) is 4.74 Å². The number of hydrogen-bond acceptors (Lipinski definition) is 3. The molecule has 2 rings (SSSR count). The van der Waals surface area contributed by atoms with Gasteiger partial charge in [0.2, 0.25) is 0 Å². The first-order chi connectivity index (χ1) is 8.22. The molecule has 0 saturated heterocycles. The summed E-state index contributed by atoms with van der Waals surface area (Å²) in [7, 11) is 1.55. The summed E-state index contributed by atoms with van der Waals surface area (Å²) in [5, 5.41) is 0.538. The lowest BCUT2D eigenvalue weighted by molar-refractivity contribution is -0.122. The van der Waals surface area contributed by atoms with Gasteiger partial charge < -0.3 is 9.64 Å². The Morgan fingerprint density at radius 2 is 2.29 bits per heavy atom. The Morgan fingerprint density at radius 1 is 1.53 bits per heavy atom. The fourth-order valence-corrected chi connectivity index (χ4v) is 3.06. The first-order valence-corrected chi connectivity index (χ1v) is 6.65. The molecule has 1 aromatic rings. The Labute approximate surface area is 106 Å². The number of benzene rings is 1. The van der Waals surface area contributed by atoms with Crippen LogP contribution in [0.25, 0.3) is 0 Å². The van der Waals surface area contributed by atoms with Crippen molar-refractivity contribution >= 4 is 23.4 Å². The van der Waals surface area contributed by atoms with E-state index < -0.39 is 0 Å². The molecule has 0 spiro atoms. The number of para-hydroxylation sites is 1. The van der Waals surface area contributed by atoms with Gasteiger partial charge >= 0.3 is 0 Å². The third-order valence-electron chi connectivity index (χ3n) is 2.81. The van der Waals surface area contributed by atoms with Gasteiger partial charge in [0.15, 0.2) is 0 Å². The van der Waals surface area contributed by atoms with E-state index in [1.54, 1.807) is 7.11 Å². The number of thioether (sulfide) groups is 1. The Hall–Kier alpha value is -1.00. The highest BCUT2D eigenvalue weighted by Gasteiger charge is 2.23. The predicted octanol–water partition coefficient (Wildman–Crippen LogP) is 2.55. The molecule has 1 atom stereocenters. The molecule has 17 heavy (non-hydrogen) atoms. The molecule has 4 heteroatoms. The average Bonchev–Trinajstić information content (AvgIpc) is 2.47. The van der Waals surface area contributed by atoms with Crippen molar-refractivity contribution in [3.05, 3.63) is 24.3 Å². The Bertz CT molecular complexity index is 408. The van der Waals surface area contributed by atoms with Crippen molar-refractivity contribution < 1.29 is 9.53 Å². The normalized spacial score (nSPS) is 19.6. The van der Waals surface area contributed by atoms with Crippen LogP contribution >= 0.6 is 11.8 Å². The minimum Gasteiger partial charge on any atom is -0.375 e. The molecule has 1 aromatic carbocycles. The fourth-order valence-electron chi connectivity index (χ4n) is 1.95. The summed E-state index contributed by atoms with van der Waals surface area (Å²) in [5.74, 6) is 0.0367. The Kier molecular flexibility index (Phi) is 4.07. The molecule has 0 radical (unpaired) electrons. The second kappa shape index (κ2) is 5.56. The van der Waals surface area contributed by atoms with Crippen molar-refractivity contribution in [3.8, 4) is 0 Å². The minimum absolute atomic E-state index is 0.0367. The van der Waals surface area contributed by atoms with Crippen LogP contribution in [0.1, 0.15) is 13.3 Å². The number of hydrogen-bond donors (Lipinski definition) is 0. The zero-order valence-electron chi connectivity index (χ0n) is 10.2. The van der Waals surface area contributed by atoms with Crippen LogP contribution in [0, 0.1) is 0 Å². The van der Waals surface area contributed by atoms with Crippen LogP contribution in [0.3, 0.4) is 0 Å². The summed E-state index contributed by atoms with van der Waals surface area (Å²) in [4.78, 5) is 15.0. The number of carbonyl (C=O) groups is 1. The highest BCUT2D eigenvalue weighted by Crippen LogP contribution is 2.37. The lowest BCUT2D eigenvalue weighted by Crippen LogP contribution is -2.34. The first-order valence-electron chi connectivity index (χ1n) is 5.77. The highest BCUT2D eigenvalue weighted by atomic mass is 32.2. The zero-order valence-corrected chi connectivity index (χ0v) is 11.0. The standard InChI is InChI=1S/C13H17NO2S/c1-10-7-8-14(13(15)9-16-2)11-5-3-4-6-12(11)17-10/h3-6,10H,7-9H2,1-2H3. The fraction of sp³-hybridized carbons (Fsp3) is 0.462. The Morgan fingerprint density at radius 3 is 3.06 bits per heavy atom. The van der Waals surface area contributed by atoms with Gasteiger partial charge in [-0.15, -0.1) is 11.8 Å². The number of amides is 1. The molecule has 1 aliphatic heterocycles. The molecule has 1 amide bonds. The number of carbonyl (C=O) groups excluding carboxylic acids is 1. The predicted molar refractivity (Wildman–Crippen MR) is 70.6 cm³/mol. The molecule has 0 fully saturated rings. The van der Waals surface area contributed by atoms with Crippen molar-refractivity contribution in [2.45, 2.75) is 23.5 Å². The van der Waals surface area contributed by atoms with Crippen LogP contribution in [0.2, 0.25) is 0 Å². The summed E-state index contributed by atoms with van der Waals surface area (Å²) in [6.07, 6.45) is 1.01. The summed E-state index contributed by atoms with van der Waals surface area (Å²) < 4.78 is 4.94. The molecule has 1 aliphatic rings. The van der Waals surface area contributed by atoms with E-state index in [9.17, 15) is 4.79 Å². The van der Waals surface area contributed by atoms with Crippen LogP contribution in [0.5, 0.6) is 0 Å². The minimum atomic E-state index is 0.0367. The topological polar surface area (TPSA) is 29.5 Å². The van der Waals surface area contributed by atoms with Gasteiger partial charge in [0.25, 0.3) is 5.91 Å². The van der Waals surface area contributed by atoms with Crippen molar-refractivity contribution in [3.63, 3.8) is 0 Å². The number of anilines is 1. The summed E-state index contributed by atoms with van der Waals surface area (Å²) in [5.41, 5.74) is 1.02. The lowest BCUT2D eigenvalue weighted by atomic mass is 10.2. The second-order valence-corrected chi connectivity index (χ2v) is 5.64. The largest absolute Gasteiger partial charge is 0.375 e. The molecule has 1 heterocycles. The van der Waals surface area contributed by atoms with Gasteiger partial charge in [-0.3, -0.25) is 4.79 Å². The van der Waals surface area contributed by atoms with Gasteiger partial charge in [0.05, 0.1) is 5.69 Å². The van der Waals surface area contributed by atoms with Crippen LogP contribution < -0.4 is 4.90 Å². The number of rotatable bonds is 2. The molecule has 92 valence electrons. The van der Waals surface area contributed by atoms with Crippen molar-refractivity contribution in [2.75, 3.05) is 25.2 Å². The maximum atomic E-state index is 12.0. The van der Waals surface area contributed by atoms with Crippen molar-refractivity contribution in [1.29, 1.82) is 0 Å². The van der Waals surface area contributed by atoms with Gasteiger partial charge in [-0.25, -0.2) is 0 Å². The number of methoxy groups -OCH3 is 1. The molecule has 0 N–H and O–H groups in total. The maximum absolute atomic E-state index is 12.0. The van der Waals surface area contributed by atoms with Gasteiger partial charge in [-0.2, -0.15) is 0 Å². The van der Waals surface area contributed by atoms with Crippen molar-refractivity contribution in [1.82, 2.24) is 0 Å². The number of nitrogens with zero attached hydrogens (tertiary/aromatic N) is 1. The van der Waals surface area contributed by atoms with E-state index in [-0.39, 0.29) is 12.5 Å². The van der Waals surface area contributed by atoms with E-state index in [1.165, 1.54) is 4.90 Å². The lowest BCUT2D eigenvalue weighted by Gasteiger charge is -2.22. The quantitative estimate of drug-likeness (QED) is 0.809. The monoisotopic (exact) mass is 251 g/mol. The van der Waals surface area contributed by atoms with E-state index in [2.05, 4.69) is 13.0 Å². The summed E-state index contributed by atoms with van der Waals surface area (Å²) in [6, 6.07) is 8.08. The van der Waals surface area contributed by atoms with Crippen LogP contribution in [0.4, 0.5) is 5.69 Å². The molecule has 3 nitrogen and oxygen atoms in total. The average molecular weight is 251 g/mol. The van der Waals surface area contributed by atoms with Gasteiger partial charge in [-0.1, -0.05) is 19.1 Å². The second-order valence-electron chi connectivity index (χ2n) is 4.16. The van der Waals surface area contributed by atoms with Gasteiger partial charge in [0.1, 0.15) is 6.61 Å². The number of fused-ring (bicyclic) bond motifs is 1. The third-order valence-corrected chi connectivity index (χ3v) is 4.05. The molecule has 1 unspecified atom stereocenters. The summed E-state index contributed by atoms with van der Waals surface area (Å²) in [6.45, 7) is 3.12. The van der Waals surface area contributed by atoms with E-state index in [1.807, 2.05) is 34.9 Å². The molecule has 0 saturated carbocycles. The molecule has 0 aromatic heterocycles.